The molecule has 1 N–H and O–H groups in total. The third-order valence-electron chi connectivity index (χ3n) is 4.92. The van der Waals surface area contributed by atoms with Crippen LogP contribution in [0.1, 0.15) is 32.1 Å². The van der Waals surface area contributed by atoms with E-state index in [4.69, 9.17) is 11.6 Å². The van der Waals surface area contributed by atoms with Gasteiger partial charge in [-0.15, -0.1) is 11.3 Å². The van der Waals surface area contributed by atoms with Gasteiger partial charge in [0.2, 0.25) is 5.91 Å². The Morgan fingerprint density at radius 3 is 2.70 bits per heavy atom. The van der Waals surface area contributed by atoms with Crippen LogP contribution in [0, 0.1) is 0 Å². The number of carbonyl (C=O) groups excluding carboxylic acids is 1. The summed E-state index contributed by atoms with van der Waals surface area (Å²) in [6.07, 6.45) is 7.05. The van der Waals surface area contributed by atoms with Crippen LogP contribution in [0.2, 0.25) is 5.02 Å². The first-order chi connectivity index (χ1) is 13.1. The molecule has 1 aliphatic carbocycles. The van der Waals surface area contributed by atoms with E-state index in [0.29, 0.717) is 15.2 Å². The van der Waals surface area contributed by atoms with Crippen molar-refractivity contribution in [3.8, 4) is 10.4 Å². The molecule has 0 bridgehead atoms. The SMILES string of the molecule is O=C(Cn1cnc2cc(-c3ccc(Cl)cc3)sc2c1=O)NC1CCCCC1. The molecule has 1 saturated carbocycles. The lowest BCUT2D eigenvalue weighted by Crippen LogP contribution is -2.39. The molecule has 1 aromatic carbocycles. The second-order valence-corrected chi connectivity index (χ2v) is 8.40. The average Bonchev–Trinajstić information content (AvgIpc) is 3.10. The number of nitrogens with zero attached hydrogens (tertiary/aromatic N) is 2. The number of benzene rings is 1. The van der Waals surface area contributed by atoms with Crippen molar-refractivity contribution in [1.82, 2.24) is 14.9 Å². The zero-order valence-electron chi connectivity index (χ0n) is 14.8. The molecule has 0 saturated heterocycles. The summed E-state index contributed by atoms with van der Waals surface area (Å²) in [6, 6.07) is 9.62. The summed E-state index contributed by atoms with van der Waals surface area (Å²) in [5, 5.41) is 3.71. The first-order valence-corrected chi connectivity index (χ1v) is 10.3. The van der Waals surface area contributed by atoms with Crippen molar-refractivity contribution in [2.45, 2.75) is 44.7 Å². The number of aromatic nitrogens is 2. The van der Waals surface area contributed by atoms with Crippen molar-refractivity contribution in [3.05, 3.63) is 52.0 Å². The maximum Gasteiger partial charge on any atom is 0.271 e. The molecule has 0 radical (unpaired) electrons. The van der Waals surface area contributed by atoms with Crippen LogP contribution in [0.15, 0.2) is 41.5 Å². The predicted molar refractivity (Wildman–Crippen MR) is 109 cm³/mol. The molecular weight excluding hydrogens is 382 g/mol. The van der Waals surface area contributed by atoms with Gasteiger partial charge < -0.3 is 5.32 Å². The lowest BCUT2D eigenvalue weighted by molar-refractivity contribution is -0.122. The van der Waals surface area contributed by atoms with Gasteiger partial charge in [0.1, 0.15) is 11.2 Å². The van der Waals surface area contributed by atoms with Crippen molar-refractivity contribution in [1.29, 1.82) is 0 Å². The van der Waals surface area contributed by atoms with Crippen molar-refractivity contribution in [2.75, 3.05) is 0 Å². The Morgan fingerprint density at radius 2 is 1.96 bits per heavy atom. The number of rotatable bonds is 4. The van der Waals surface area contributed by atoms with Crippen LogP contribution < -0.4 is 10.9 Å². The van der Waals surface area contributed by atoms with Gasteiger partial charge in [-0.05, 0) is 36.6 Å². The topological polar surface area (TPSA) is 64.0 Å². The Morgan fingerprint density at radius 1 is 1.22 bits per heavy atom. The van der Waals surface area contributed by atoms with Crippen LogP contribution in [0.4, 0.5) is 0 Å². The molecule has 1 amide bonds. The van der Waals surface area contributed by atoms with Crippen LogP contribution >= 0.6 is 22.9 Å². The number of carbonyl (C=O) groups is 1. The Balaban J connectivity index is 1.55. The third kappa shape index (κ3) is 4.06. The number of fused-ring (bicyclic) bond motifs is 1. The van der Waals surface area contributed by atoms with Gasteiger partial charge in [0.05, 0.1) is 11.8 Å². The number of hydrogen-bond donors (Lipinski definition) is 1. The van der Waals surface area contributed by atoms with E-state index in [1.807, 2.05) is 30.3 Å². The van der Waals surface area contributed by atoms with Crippen molar-refractivity contribution < 1.29 is 4.79 Å². The summed E-state index contributed by atoms with van der Waals surface area (Å²) in [5.74, 6) is -0.125. The number of hydrogen-bond acceptors (Lipinski definition) is 4. The summed E-state index contributed by atoms with van der Waals surface area (Å²) >= 11 is 7.33. The highest BCUT2D eigenvalue weighted by Crippen LogP contribution is 2.31. The maximum absolute atomic E-state index is 12.8. The molecule has 2 heterocycles. The monoisotopic (exact) mass is 401 g/mol. The smallest absolute Gasteiger partial charge is 0.271 e. The Kier molecular flexibility index (Phi) is 5.27. The first kappa shape index (κ1) is 18.2. The number of amides is 1. The normalized spacial score (nSPS) is 15.1. The lowest BCUT2D eigenvalue weighted by Gasteiger charge is -2.22. The fraction of sp³-hybridized carbons (Fsp3) is 0.350. The molecule has 1 aliphatic rings. The van der Waals surface area contributed by atoms with Gasteiger partial charge in [0, 0.05) is 15.9 Å². The van der Waals surface area contributed by atoms with Gasteiger partial charge in [0.15, 0.2) is 0 Å². The highest BCUT2D eigenvalue weighted by Gasteiger charge is 2.17. The Bertz CT molecular complexity index is 1020. The Labute approximate surface area is 166 Å². The van der Waals surface area contributed by atoms with Gasteiger partial charge in [-0.25, -0.2) is 4.98 Å². The van der Waals surface area contributed by atoms with E-state index in [-0.39, 0.29) is 24.1 Å². The maximum atomic E-state index is 12.8. The molecule has 7 heteroatoms. The minimum absolute atomic E-state index is 0.00640. The highest BCUT2D eigenvalue weighted by molar-refractivity contribution is 7.22. The largest absolute Gasteiger partial charge is 0.352 e. The van der Waals surface area contributed by atoms with E-state index in [1.165, 1.54) is 28.7 Å². The second kappa shape index (κ2) is 7.82. The predicted octanol–water partition coefficient (Wildman–Crippen LogP) is 4.23. The van der Waals surface area contributed by atoms with Crippen molar-refractivity contribution in [2.24, 2.45) is 0 Å². The molecular formula is C20H20ClN3O2S. The highest BCUT2D eigenvalue weighted by atomic mass is 35.5. The summed E-state index contributed by atoms with van der Waals surface area (Å²) in [6.45, 7) is 0.00640. The number of nitrogens with one attached hydrogen (secondary N) is 1. The fourth-order valence-corrected chi connectivity index (χ4v) is 4.68. The molecule has 0 spiro atoms. The molecule has 5 nitrogen and oxygen atoms in total. The third-order valence-corrected chi connectivity index (χ3v) is 6.33. The molecule has 1 fully saturated rings. The molecule has 27 heavy (non-hydrogen) atoms. The number of halogens is 1. The Hall–Kier alpha value is -2.18. The van der Waals surface area contributed by atoms with Crippen LogP contribution in [0.25, 0.3) is 20.7 Å². The van der Waals surface area contributed by atoms with E-state index in [9.17, 15) is 9.59 Å². The molecule has 140 valence electrons. The van der Waals surface area contributed by atoms with Crippen LogP contribution in [0.3, 0.4) is 0 Å². The van der Waals surface area contributed by atoms with Gasteiger partial charge in [-0.2, -0.15) is 0 Å². The van der Waals surface area contributed by atoms with Crippen molar-refractivity contribution in [3.63, 3.8) is 0 Å². The second-order valence-electron chi connectivity index (χ2n) is 6.91. The van der Waals surface area contributed by atoms with Gasteiger partial charge in [-0.3, -0.25) is 14.2 Å². The van der Waals surface area contributed by atoms with Gasteiger partial charge >= 0.3 is 0 Å². The van der Waals surface area contributed by atoms with E-state index in [0.717, 1.165) is 36.1 Å². The zero-order chi connectivity index (χ0) is 18.8. The summed E-state index contributed by atoms with van der Waals surface area (Å²) < 4.78 is 1.95. The van der Waals surface area contributed by atoms with Gasteiger partial charge in [-0.1, -0.05) is 43.0 Å². The van der Waals surface area contributed by atoms with Crippen LogP contribution in [-0.2, 0) is 11.3 Å². The molecule has 0 unspecified atom stereocenters. The fourth-order valence-electron chi connectivity index (χ4n) is 3.49. The van der Waals surface area contributed by atoms with Crippen molar-refractivity contribution >= 4 is 39.1 Å². The average molecular weight is 402 g/mol. The molecule has 0 aliphatic heterocycles. The van der Waals surface area contributed by atoms with Gasteiger partial charge in [0.25, 0.3) is 5.56 Å². The van der Waals surface area contributed by atoms with E-state index >= 15 is 0 Å². The minimum atomic E-state index is -0.177. The zero-order valence-corrected chi connectivity index (χ0v) is 16.4. The van der Waals surface area contributed by atoms with Crippen LogP contribution in [-0.4, -0.2) is 21.5 Å². The molecule has 2 aromatic heterocycles. The van der Waals surface area contributed by atoms with E-state index in [2.05, 4.69) is 10.3 Å². The quantitative estimate of drug-likeness (QED) is 0.711. The van der Waals surface area contributed by atoms with E-state index < -0.39 is 0 Å². The minimum Gasteiger partial charge on any atom is -0.352 e. The lowest BCUT2D eigenvalue weighted by atomic mass is 9.95. The first-order valence-electron chi connectivity index (χ1n) is 9.14. The molecule has 4 rings (SSSR count). The molecule has 0 atom stereocenters. The van der Waals surface area contributed by atoms with Crippen LogP contribution in [0.5, 0.6) is 0 Å². The number of thiophene rings is 1. The standard InChI is InChI=1S/C20H20ClN3O2S/c21-14-8-6-13(7-9-14)17-10-16-19(27-17)20(26)24(12-22-16)11-18(25)23-15-4-2-1-3-5-15/h6-10,12,15H,1-5,11H2,(H,23,25). The summed E-state index contributed by atoms with van der Waals surface area (Å²) in [4.78, 5) is 30.4. The summed E-state index contributed by atoms with van der Waals surface area (Å²) in [7, 11) is 0. The molecule has 3 aromatic rings. The summed E-state index contributed by atoms with van der Waals surface area (Å²) in [5.41, 5.74) is 1.46. The van der Waals surface area contributed by atoms with E-state index in [1.54, 1.807) is 0 Å².